The molecule has 1 fully saturated rings. The first-order valence-corrected chi connectivity index (χ1v) is 13.4. The molecule has 1 amide bonds. The van der Waals surface area contributed by atoms with Gasteiger partial charge in [-0.05, 0) is 44.5 Å². The Kier molecular flexibility index (Phi) is 9.32. The molecule has 12 heteroatoms. The van der Waals surface area contributed by atoms with Gasteiger partial charge in [-0.25, -0.2) is 4.98 Å². The van der Waals surface area contributed by atoms with Crippen LogP contribution in [0.3, 0.4) is 0 Å². The van der Waals surface area contributed by atoms with Crippen LogP contribution in [-0.2, 0) is 11.3 Å². The zero-order chi connectivity index (χ0) is 28.1. The van der Waals surface area contributed by atoms with Crippen LogP contribution >= 0.6 is 23.2 Å². The van der Waals surface area contributed by atoms with Crippen LogP contribution in [0.4, 0.5) is 5.95 Å². The fourth-order valence-electron chi connectivity index (χ4n) is 4.88. The number of ether oxygens (including phenoxy) is 2. The fraction of sp³-hybridized carbons (Fsp3) is 0.407. The number of piperidine rings is 1. The number of benzene rings is 1. The minimum atomic E-state index is -0.294. The predicted molar refractivity (Wildman–Crippen MR) is 154 cm³/mol. The molecule has 1 aromatic carbocycles. The standard InChI is InChI=1S/C27H32Cl2N6O4/c1-5-21(36)32-17-8-6-9-34(15-17)10-7-11-35-25-16(14-31-27(30-2)33-25)12-18(26(35)37)22-23(28)19(38-3)13-20(39-4)24(22)29/h5,12-14,17H,1,6-11,15H2,2-4H3,(H,32,36)(H,30,31,33). The number of aryl methyl sites for hydroxylation is 1. The molecule has 1 unspecified atom stereocenters. The number of pyridine rings is 1. The van der Waals surface area contributed by atoms with Crippen LogP contribution in [0.25, 0.3) is 22.2 Å². The van der Waals surface area contributed by atoms with Gasteiger partial charge in [0.1, 0.15) is 17.1 Å². The minimum absolute atomic E-state index is 0.0781. The van der Waals surface area contributed by atoms with Gasteiger partial charge in [0, 0.05) is 49.4 Å². The molecule has 1 atom stereocenters. The number of carbonyl (C=O) groups excluding carboxylic acids is 1. The summed E-state index contributed by atoms with van der Waals surface area (Å²) in [5.74, 6) is 0.912. The molecule has 0 saturated carbocycles. The first-order chi connectivity index (χ1) is 18.8. The van der Waals surface area contributed by atoms with Crippen molar-refractivity contribution in [3.05, 3.63) is 51.4 Å². The first kappa shape index (κ1) is 28.7. The third-order valence-corrected chi connectivity index (χ3v) is 7.54. The van der Waals surface area contributed by atoms with Crippen molar-refractivity contribution in [1.29, 1.82) is 0 Å². The molecule has 1 saturated heterocycles. The number of nitrogens with zero attached hydrogens (tertiary/aromatic N) is 4. The second kappa shape index (κ2) is 12.7. The van der Waals surface area contributed by atoms with Gasteiger partial charge in [-0.15, -0.1) is 0 Å². The summed E-state index contributed by atoms with van der Waals surface area (Å²) in [6.45, 7) is 6.35. The molecule has 10 nitrogen and oxygen atoms in total. The van der Waals surface area contributed by atoms with E-state index in [0.29, 0.717) is 52.6 Å². The van der Waals surface area contributed by atoms with Crippen molar-refractivity contribution in [3.63, 3.8) is 0 Å². The Morgan fingerprint density at radius 2 is 1.92 bits per heavy atom. The zero-order valence-electron chi connectivity index (χ0n) is 22.2. The van der Waals surface area contributed by atoms with E-state index in [1.54, 1.807) is 29.9 Å². The number of likely N-dealkylation sites (tertiary alicyclic amines) is 1. The fourth-order valence-corrected chi connectivity index (χ4v) is 5.58. The molecule has 0 bridgehead atoms. The van der Waals surface area contributed by atoms with Gasteiger partial charge in [-0.2, -0.15) is 4.98 Å². The lowest BCUT2D eigenvalue weighted by Crippen LogP contribution is -2.47. The predicted octanol–water partition coefficient (Wildman–Crippen LogP) is 3.98. The molecule has 4 rings (SSSR count). The maximum absolute atomic E-state index is 14.0. The van der Waals surface area contributed by atoms with Gasteiger partial charge < -0.3 is 25.0 Å². The summed E-state index contributed by atoms with van der Waals surface area (Å²) in [4.78, 5) is 36.9. The number of halogens is 2. The van der Waals surface area contributed by atoms with Crippen molar-refractivity contribution in [2.24, 2.45) is 0 Å². The zero-order valence-corrected chi connectivity index (χ0v) is 23.7. The molecule has 3 heterocycles. The van der Waals surface area contributed by atoms with Crippen molar-refractivity contribution < 1.29 is 14.3 Å². The van der Waals surface area contributed by atoms with Crippen molar-refractivity contribution in [2.45, 2.75) is 31.8 Å². The normalized spacial score (nSPS) is 15.7. The molecule has 39 heavy (non-hydrogen) atoms. The van der Waals surface area contributed by atoms with Crippen LogP contribution in [0.5, 0.6) is 11.5 Å². The highest BCUT2D eigenvalue weighted by molar-refractivity contribution is 6.41. The third-order valence-electron chi connectivity index (χ3n) is 6.79. The first-order valence-electron chi connectivity index (χ1n) is 12.6. The van der Waals surface area contributed by atoms with Gasteiger partial charge in [0.15, 0.2) is 0 Å². The van der Waals surface area contributed by atoms with E-state index >= 15 is 0 Å². The summed E-state index contributed by atoms with van der Waals surface area (Å²) in [7, 11) is 4.69. The molecule has 208 valence electrons. The summed E-state index contributed by atoms with van der Waals surface area (Å²) in [5, 5.41) is 6.99. The van der Waals surface area contributed by atoms with Crippen molar-refractivity contribution in [2.75, 3.05) is 46.2 Å². The molecular weight excluding hydrogens is 543 g/mol. The highest BCUT2D eigenvalue weighted by atomic mass is 35.5. The van der Waals surface area contributed by atoms with E-state index < -0.39 is 0 Å². The van der Waals surface area contributed by atoms with Gasteiger partial charge in [0.2, 0.25) is 11.9 Å². The number of hydrogen-bond donors (Lipinski definition) is 2. The number of anilines is 1. The SMILES string of the molecule is C=CC(=O)NC1CCCN(CCCn2c(=O)c(-c3c(Cl)c(OC)cc(OC)c3Cl)cc3cnc(NC)nc32)C1. The van der Waals surface area contributed by atoms with Crippen LogP contribution in [0.2, 0.25) is 10.0 Å². The van der Waals surface area contributed by atoms with E-state index in [1.807, 2.05) is 0 Å². The second-order valence-electron chi connectivity index (χ2n) is 9.23. The van der Waals surface area contributed by atoms with Crippen LogP contribution in [0.15, 0.2) is 35.8 Å². The summed E-state index contributed by atoms with van der Waals surface area (Å²) in [6.07, 6.45) is 5.54. The summed E-state index contributed by atoms with van der Waals surface area (Å²) < 4.78 is 12.5. The van der Waals surface area contributed by atoms with E-state index in [4.69, 9.17) is 32.7 Å². The maximum atomic E-state index is 14.0. The number of methoxy groups -OCH3 is 2. The smallest absolute Gasteiger partial charge is 0.260 e. The summed E-state index contributed by atoms with van der Waals surface area (Å²) in [6, 6.07) is 3.35. The van der Waals surface area contributed by atoms with Gasteiger partial charge in [-0.1, -0.05) is 29.8 Å². The number of hydrogen-bond acceptors (Lipinski definition) is 8. The van der Waals surface area contributed by atoms with E-state index in [2.05, 4.69) is 32.1 Å². The summed E-state index contributed by atoms with van der Waals surface area (Å²) >= 11 is 13.3. The molecule has 1 aliphatic rings. The largest absolute Gasteiger partial charge is 0.495 e. The Labute approximate surface area is 236 Å². The van der Waals surface area contributed by atoms with E-state index in [9.17, 15) is 9.59 Å². The molecule has 3 aromatic rings. The van der Waals surface area contributed by atoms with E-state index in [1.165, 1.54) is 20.3 Å². The molecule has 0 radical (unpaired) electrons. The maximum Gasteiger partial charge on any atom is 0.260 e. The molecular formula is C27H32Cl2N6O4. The third kappa shape index (κ3) is 6.13. The van der Waals surface area contributed by atoms with Crippen molar-refractivity contribution in [3.8, 4) is 22.6 Å². The number of nitrogens with one attached hydrogen (secondary N) is 2. The summed E-state index contributed by atoms with van der Waals surface area (Å²) in [5.41, 5.74) is 0.822. The van der Waals surface area contributed by atoms with Gasteiger partial charge >= 0.3 is 0 Å². The average molecular weight is 575 g/mol. The van der Waals surface area contributed by atoms with Gasteiger partial charge in [0.05, 0.1) is 29.8 Å². The van der Waals surface area contributed by atoms with E-state index in [-0.39, 0.29) is 27.6 Å². The molecule has 2 aromatic heterocycles. The number of rotatable bonds is 10. The van der Waals surface area contributed by atoms with Crippen molar-refractivity contribution in [1.82, 2.24) is 24.8 Å². The van der Waals surface area contributed by atoms with Crippen LogP contribution in [-0.4, -0.2) is 72.3 Å². The van der Waals surface area contributed by atoms with Crippen LogP contribution < -0.4 is 25.7 Å². The van der Waals surface area contributed by atoms with Crippen LogP contribution in [0, 0.1) is 0 Å². The molecule has 0 spiro atoms. The molecule has 1 aliphatic heterocycles. The lowest BCUT2D eigenvalue weighted by atomic mass is 10.0. The Morgan fingerprint density at radius 1 is 1.21 bits per heavy atom. The van der Waals surface area contributed by atoms with Gasteiger partial charge in [0.25, 0.3) is 5.56 Å². The van der Waals surface area contributed by atoms with Crippen LogP contribution in [0.1, 0.15) is 19.3 Å². The Hall–Kier alpha value is -3.34. The Balaban J connectivity index is 1.70. The van der Waals surface area contributed by atoms with Gasteiger partial charge in [-0.3, -0.25) is 14.2 Å². The van der Waals surface area contributed by atoms with E-state index in [0.717, 1.165) is 32.5 Å². The minimum Gasteiger partial charge on any atom is -0.495 e. The highest BCUT2D eigenvalue weighted by Gasteiger charge is 2.24. The number of fused-ring (bicyclic) bond motifs is 1. The number of aromatic nitrogens is 3. The monoisotopic (exact) mass is 574 g/mol. The molecule has 0 aliphatic carbocycles. The second-order valence-corrected chi connectivity index (χ2v) is 9.98. The number of carbonyl (C=O) groups is 1. The lowest BCUT2D eigenvalue weighted by Gasteiger charge is -2.33. The average Bonchev–Trinajstić information content (AvgIpc) is 2.94. The lowest BCUT2D eigenvalue weighted by molar-refractivity contribution is -0.117. The van der Waals surface area contributed by atoms with Crippen molar-refractivity contribution >= 4 is 46.1 Å². The Morgan fingerprint density at radius 3 is 2.56 bits per heavy atom. The molecule has 2 N–H and O–H groups in total. The topological polar surface area (TPSA) is 111 Å². The highest BCUT2D eigenvalue weighted by Crippen LogP contribution is 2.45. The quantitative estimate of drug-likeness (QED) is 0.350. The number of amides is 1. The Bertz CT molecular complexity index is 1420.